The Morgan fingerprint density at radius 2 is 2.15 bits per heavy atom. The summed E-state index contributed by atoms with van der Waals surface area (Å²) in [6, 6.07) is 6.05. The van der Waals surface area contributed by atoms with Crippen molar-refractivity contribution in [1.29, 1.82) is 0 Å². The van der Waals surface area contributed by atoms with Gasteiger partial charge in [-0.2, -0.15) is 0 Å². The van der Waals surface area contributed by atoms with Crippen molar-refractivity contribution in [3.8, 4) is 0 Å². The highest BCUT2D eigenvalue weighted by atomic mass is 16.6. The molecule has 0 atom stereocenters. The molecule has 0 radical (unpaired) electrons. The molecule has 0 spiro atoms. The lowest BCUT2D eigenvalue weighted by molar-refractivity contribution is -0.385. The largest absolute Gasteiger partial charge is 0.395 e. The van der Waals surface area contributed by atoms with Crippen LogP contribution in [0.3, 0.4) is 0 Å². The lowest BCUT2D eigenvalue weighted by atomic mass is 9.99. The molecule has 0 bridgehead atoms. The van der Waals surface area contributed by atoms with Crippen LogP contribution < -0.4 is 0 Å². The van der Waals surface area contributed by atoms with E-state index in [1.165, 1.54) is 0 Å². The molecule has 1 aliphatic rings. The van der Waals surface area contributed by atoms with E-state index in [4.69, 9.17) is 5.11 Å². The molecule has 110 valence electrons. The quantitative estimate of drug-likeness (QED) is 0.615. The SMILES string of the molecule is CC(C)c1ccc(CN(CCO)C2CC2)cc1[N+](=O)[O-]. The second-order valence-corrected chi connectivity index (χ2v) is 5.73. The maximum Gasteiger partial charge on any atom is 0.273 e. The predicted molar refractivity (Wildman–Crippen MR) is 77.7 cm³/mol. The number of nitrogens with zero attached hydrogens (tertiary/aromatic N) is 2. The Hall–Kier alpha value is -1.46. The Kier molecular flexibility index (Phi) is 4.73. The van der Waals surface area contributed by atoms with Gasteiger partial charge in [-0.05, 0) is 24.3 Å². The van der Waals surface area contributed by atoms with Gasteiger partial charge in [0.25, 0.3) is 5.69 Å². The van der Waals surface area contributed by atoms with Gasteiger partial charge in [0.1, 0.15) is 0 Å². The molecule has 0 amide bonds. The predicted octanol–water partition coefficient (Wildman–Crippen LogP) is 2.67. The van der Waals surface area contributed by atoms with Gasteiger partial charge in [-0.15, -0.1) is 0 Å². The van der Waals surface area contributed by atoms with Gasteiger partial charge in [-0.3, -0.25) is 15.0 Å². The van der Waals surface area contributed by atoms with E-state index in [2.05, 4.69) is 4.90 Å². The minimum absolute atomic E-state index is 0.128. The van der Waals surface area contributed by atoms with Crippen LogP contribution in [0.2, 0.25) is 0 Å². The zero-order valence-electron chi connectivity index (χ0n) is 12.1. The minimum Gasteiger partial charge on any atom is -0.395 e. The van der Waals surface area contributed by atoms with Crippen LogP contribution in [-0.2, 0) is 6.54 Å². The first kappa shape index (κ1) is 14.9. The van der Waals surface area contributed by atoms with Gasteiger partial charge in [-0.25, -0.2) is 0 Å². The van der Waals surface area contributed by atoms with Gasteiger partial charge in [0.05, 0.1) is 11.5 Å². The number of nitro benzene ring substituents is 1. The number of aliphatic hydroxyl groups excluding tert-OH is 1. The molecular weight excluding hydrogens is 256 g/mol. The second-order valence-electron chi connectivity index (χ2n) is 5.73. The smallest absolute Gasteiger partial charge is 0.273 e. The Morgan fingerprint density at radius 1 is 1.45 bits per heavy atom. The van der Waals surface area contributed by atoms with Crippen molar-refractivity contribution < 1.29 is 10.0 Å². The van der Waals surface area contributed by atoms with Crippen LogP contribution in [0.15, 0.2) is 18.2 Å². The molecule has 5 heteroatoms. The zero-order chi connectivity index (χ0) is 14.7. The second kappa shape index (κ2) is 6.33. The van der Waals surface area contributed by atoms with E-state index in [9.17, 15) is 10.1 Å². The molecule has 0 aliphatic heterocycles. The van der Waals surface area contributed by atoms with Crippen molar-refractivity contribution in [2.75, 3.05) is 13.2 Å². The summed E-state index contributed by atoms with van der Waals surface area (Å²) in [5.74, 6) is 0.140. The van der Waals surface area contributed by atoms with Gasteiger partial charge in [0, 0.05) is 30.8 Å². The van der Waals surface area contributed by atoms with E-state index < -0.39 is 0 Å². The third-order valence-electron chi connectivity index (χ3n) is 3.75. The van der Waals surface area contributed by atoms with E-state index >= 15 is 0 Å². The Bertz CT molecular complexity index is 484. The van der Waals surface area contributed by atoms with Gasteiger partial charge in [0.15, 0.2) is 0 Å². The number of nitro groups is 1. The maximum absolute atomic E-state index is 11.2. The summed E-state index contributed by atoms with van der Waals surface area (Å²) in [6.07, 6.45) is 2.32. The van der Waals surface area contributed by atoms with Crippen LogP contribution in [0, 0.1) is 10.1 Å². The van der Waals surface area contributed by atoms with E-state index in [1.54, 1.807) is 6.07 Å². The van der Waals surface area contributed by atoms with E-state index in [0.29, 0.717) is 19.1 Å². The summed E-state index contributed by atoms with van der Waals surface area (Å²) in [5.41, 5.74) is 1.93. The third kappa shape index (κ3) is 3.55. The van der Waals surface area contributed by atoms with Crippen molar-refractivity contribution in [2.24, 2.45) is 0 Å². The normalized spacial score (nSPS) is 15.1. The first-order valence-electron chi connectivity index (χ1n) is 7.15. The molecule has 1 saturated carbocycles. The minimum atomic E-state index is -0.299. The lowest BCUT2D eigenvalue weighted by Crippen LogP contribution is -2.28. The first-order chi connectivity index (χ1) is 9.52. The van der Waals surface area contributed by atoms with Crippen molar-refractivity contribution in [3.05, 3.63) is 39.4 Å². The summed E-state index contributed by atoms with van der Waals surface area (Å²) in [5, 5.41) is 20.3. The number of aliphatic hydroxyl groups is 1. The van der Waals surface area contributed by atoms with Crippen LogP contribution in [0.4, 0.5) is 5.69 Å². The molecule has 1 aromatic rings. The highest BCUT2D eigenvalue weighted by Crippen LogP contribution is 2.31. The van der Waals surface area contributed by atoms with Crippen molar-refractivity contribution >= 4 is 5.69 Å². The summed E-state index contributed by atoms with van der Waals surface area (Å²) in [7, 11) is 0. The summed E-state index contributed by atoms with van der Waals surface area (Å²) >= 11 is 0. The lowest BCUT2D eigenvalue weighted by Gasteiger charge is -2.21. The van der Waals surface area contributed by atoms with E-state index in [1.807, 2.05) is 26.0 Å². The fourth-order valence-corrected chi connectivity index (χ4v) is 2.53. The molecule has 1 N–H and O–H groups in total. The highest BCUT2D eigenvalue weighted by Gasteiger charge is 2.29. The van der Waals surface area contributed by atoms with E-state index in [0.717, 1.165) is 24.0 Å². The van der Waals surface area contributed by atoms with Crippen molar-refractivity contribution in [3.63, 3.8) is 0 Å². The van der Waals surface area contributed by atoms with Gasteiger partial charge in [0.2, 0.25) is 0 Å². The number of hydrogen-bond acceptors (Lipinski definition) is 4. The number of rotatable bonds is 7. The fourth-order valence-electron chi connectivity index (χ4n) is 2.53. The van der Waals surface area contributed by atoms with Gasteiger partial charge < -0.3 is 5.11 Å². The average molecular weight is 278 g/mol. The van der Waals surface area contributed by atoms with Crippen LogP contribution >= 0.6 is 0 Å². The molecule has 5 nitrogen and oxygen atoms in total. The summed E-state index contributed by atoms with van der Waals surface area (Å²) in [4.78, 5) is 13.1. The molecule has 0 aromatic heterocycles. The zero-order valence-corrected chi connectivity index (χ0v) is 12.1. The van der Waals surface area contributed by atoms with Gasteiger partial charge in [-0.1, -0.05) is 26.0 Å². The van der Waals surface area contributed by atoms with Crippen LogP contribution in [-0.4, -0.2) is 34.1 Å². The number of hydrogen-bond donors (Lipinski definition) is 1. The molecule has 0 unspecified atom stereocenters. The summed E-state index contributed by atoms with van der Waals surface area (Å²) in [6.45, 7) is 5.35. The third-order valence-corrected chi connectivity index (χ3v) is 3.75. The van der Waals surface area contributed by atoms with Crippen molar-refractivity contribution in [1.82, 2.24) is 4.90 Å². The molecule has 0 saturated heterocycles. The maximum atomic E-state index is 11.2. The molecule has 0 heterocycles. The average Bonchev–Trinajstić information content (AvgIpc) is 3.22. The van der Waals surface area contributed by atoms with Crippen LogP contribution in [0.25, 0.3) is 0 Å². The summed E-state index contributed by atoms with van der Waals surface area (Å²) < 4.78 is 0. The monoisotopic (exact) mass is 278 g/mol. The molecule has 2 rings (SSSR count). The van der Waals surface area contributed by atoms with Gasteiger partial charge >= 0.3 is 0 Å². The van der Waals surface area contributed by atoms with Crippen LogP contribution in [0.5, 0.6) is 0 Å². The molecular formula is C15H22N2O3. The Balaban J connectivity index is 2.19. The Morgan fingerprint density at radius 3 is 2.65 bits per heavy atom. The highest BCUT2D eigenvalue weighted by molar-refractivity contribution is 5.45. The molecule has 1 aromatic carbocycles. The van der Waals surface area contributed by atoms with Crippen LogP contribution in [0.1, 0.15) is 43.7 Å². The molecule has 20 heavy (non-hydrogen) atoms. The fraction of sp³-hybridized carbons (Fsp3) is 0.600. The number of benzene rings is 1. The van der Waals surface area contributed by atoms with Crippen molar-refractivity contribution in [2.45, 2.75) is 45.2 Å². The topological polar surface area (TPSA) is 66.6 Å². The standard InChI is InChI=1S/C15H22N2O3/c1-11(2)14-6-3-12(9-15(14)17(19)20)10-16(7-8-18)13-4-5-13/h3,6,9,11,13,18H,4-5,7-8,10H2,1-2H3. The molecule has 1 aliphatic carbocycles. The Labute approximate surface area is 119 Å². The first-order valence-corrected chi connectivity index (χ1v) is 7.15. The molecule has 1 fully saturated rings. The van der Waals surface area contributed by atoms with E-state index in [-0.39, 0.29) is 23.1 Å².